The van der Waals surface area contributed by atoms with Gasteiger partial charge < -0.3 is 0 Å². The van der Waals surface area contributed by atoms with Crippen LogP contribution in [0.2, 0.25) is 0 Å². The van der Waals surface area contributed by atoms with Crippen LogP contribution in [0.1, 0.15) is 19.5 Å². The van der Waals surface area contributed by atoms with Gasteiger partial charge in [-0.15, -0.1) is 22.7 Å². The summed E-state index contributed by atoms with van der Waals surface area (Å²) >= 11 is 3.27. The van der Waals surface area contributed by atoms with Crippen LogP contribution in [-0.4, -0.2) is 4.98 Å². The Bertz CT molecular complexity index is 489. The Hall–Kier alpha value is -1.18. The van der Waals surface area contributed by atoms with E-state index in [9.17, 15) is 0 Å². The normalized spacial score (nSPS) is 11.3. The van der Waals surface area contributed by atoms with E-state index in [4.69, 9.17) is 5.26 Å². The van der Waals surface area contributed by atoms with Crippen molar-refractivity contribution in [3.05, 3.63) is 28.6 Å². The van der Waals surface area contributed by atoms with Crippen LogP contribution in [-0.2, 0) is 5.41 Å². The lowest BCUT2D eigenvalue weighted by molar-refractivity contribution is 0.666. The van der Waals surface area contributed by atoms with Crippen molar-refractivity contribution in [3.63, 3.8) is 0 Å². The zero-order valence-corrected chi connectivity index (χ0v) is 10.2. The highest BCUT2D eigenvalue weighted by Gasteiger charge is 2.23. The summed E-state index contributed by atoms with van der Waals surface area (Å²) in [5.74, 6) is 0. The number of nitriles is 1. The molecule has 0 aromatic carbocycles. The van der Waals surface area contributed by atoms with Crippen LogP contribution in [0.15, 0.2) is 22.9 Å². The minimum atomic E-state index is -0.494. The van der Waals surface area contributed by atoms with Crippen molar-refractivity contribution in [2.24, 2.45) is 0 Å². The fourth-order valence-electron chi connectivity index (χ4n) is 1.13. The molecular weight excluding hydrogens is 224 g/mol. The van der Waals surface area contributed by atoms with Crippen LogP contribution in [0, 0.1) is 11.3 Å². The van der Waals surface area contributed by atoms with Crippen molar-refractivity contribution in [1.82, 2.24) is 4.98 Å². The Morgan fingerprint density at radius 2 is 2.20 bits per heavy atom. The van der Waals surface area contributed by atoms with E-state index in [0.717, 1.165) is 10.7 Å². The van der Waals surface area contributed by atoms with Crippen molar-refractivity contribution in [3.8, 4) is 16.0 Å². The highest BCUT2D eigenvalue weighted by atomic mass is 32.1. The molecule has 0 aliphatic heterocycles. The lowest BCUT2D eigenvalue weighted by Crippen LogP contribution is -2.13. The molecule has 0 amide bonds. The highest BCUT2D eigenvalue weighted by molar-refractivity contribution is 7.20. The maximum Gasteiger partial charge on any atom is 0.133 e. The maximum atomic E-state index is 9.00. The first kappa shape index (κ1) is 10.3. The Kier molecular flexibility index (Phi) is 2.59. The molecule has 0 aliphatic carbocycles. The standard InChI is InChI=1S/C11H10N2S2/c1-11(2,7-12)9-6-15-10(13-9)8-4-3-5-14-8/h3-6H,1-2H3. The highest BCUT2D eigenvalue weighted by Crippen LogP contribution is 2.31. The van der Waals surface area contributed by atoms with Gasteiger partial charge in [0.05, 0.1) is 22.1 Å². The van der Waals surface area contributed by atoms with Crippen LogP contribution >= 0.6 is 22.7 Å². The minimum absolute atomic E-state index is 0.494. The third kappa shape index (κ3) is 1.94. The van der Waals surface area contributed by atoms with Crippen LogP contribution < -0.4 is 0 Å². The molecule has 15 heavy (non-hydrogen) atoms. The van der Waals surface area contributed by atoms with Gasteiger partial charge >= 0.3 is 0 Å². The van der Waals surface area contributed by atoms with E-state index < -0.39 is 5.41 Å². The number of hydrogen-bond acceptors (Lipinski definition) is 4. The maximum absolute atomic E-state index is 9.00. The van der Waals surface area contributed by atoms with Gasteiger partial charge in [0.25, 0.3) is 0 Å². The van der Waals surface area contributed by atoms with Gasteiger partial charge in [0.2, 0.25) is 0 Å². The fourth-order valence-corrected chi connectivity index (χ4v) is 2.93. The summed E-state index contributed by atoms with van der Waals surface area (Å²) in [5.41, 5.74) is 0.366. The molecule has 0 spiro atoms. The topological polar surface area (TPSA) is 36.7 Å². The third-order valence-electron chi connectivity index (χ3n) is 2.16. The van der Waals surface area contributed by atoms with E-state index >= 15 is 0 Å². The van der Waals surface area contributed by atoms with Gasteiger partial charge in [-0.25, -0.2) is 4.98 Å². The largest absolute Gasteiger partial charge is 0.239 e. The van der Waals surface area contributed by atoms with Gasteiger partial charge in [0.1, 0.15) is 5.01 Å². The van der Waals surface area contributed by atoms with E-state index in [1.54, 1.807) is 22.7 Å². The molecule has 2 heterocycles. The van der Waals surface area contributed by atoms with Gasteiger partial charge in [-0.2, -0.15) is 5.26 Å². The summed E-state index contributed by atoms with van der Waals surface area (Å²) < 4.78 is 0. The van der Waals surface area contributed by atoms with E-state index in [1.165, 1.54) is 4.88 Å². The summed E-state index contributed by atoms with van der Waals surface area (Å²) in [6.45, 7) is 3.78. The second-order valence-electron chi connectivity index (χ2n) is 3.75. The van der Waals surface area contributed by atoms with Gasteiger partial charge in [-0.1, -0.05) is 6.07 Å². The molecule has 0 N–H and O–H groups in total. The number of aromatic nitrogens is 1. The van der Waals surface area contributed by atoms with Crippen LogP contribution in [0.25, 0.3) is 9.88 Å². The molecule has 0 aliphatic rings. The number of nitrogens with zero attached hydrogens (tertiary/aromatic N) is 2. The first-order valence-electron chi connectivity index (χ1n) is 4.54. The second-order valence-corrected chi connectivity index (χ2v) is 5.56. The first-order valence-corrected chi connectivity index (χ1v) is 6.30. The summed E-state index contributed by atoms with van der Waals surface area (Å²) in [7, 11) is 0. The first-order chi connectivity index (χ1) is 7.13. The molecule has 0 saturated heterocycles. The van der Waals surface area contributed by atoms with E-state index in [2.05, 4.69) is 11.1 Å². The number of hydrogen-bond donors (Lipinski definition) is 0. The molecule has 0 fully saturated rings. The number of rotatable bonds is 2. The molecule has 2 nitrogen and oxygen atoms in total. The SMILES string of the molecule is CC(C)(C#N)c1csc(-c2cccs2)n1. The Balaban J connectivity index is 2.38. The van der Waals surface area contributed by atoms with Crippen molar-refractivity contribution >= 4 is 22.7 Å². The van der Waals surface area contributed by atoms with Crippen molar-refractivity contribution in [2.45, 2.75) is 19.3 Å². The monoisotopic (exact) mass is 234 g/mol. The summed E-state index contributed by atoms with van der Waals surface area (Å²) in [6, 6.07) is 6.32. The van der Waals surface area contributed by atoms with E-state index in [1.807, 2.05) is 36.7 Å². The molecule has 4 heteroatoms. The van der Waals surface area contributed by atoms with Crippen LogP contribution in [0.4, 0.5) is 0 Å². The quantitative estimate of drug-likeness (QED) is 0.795. The van der Waals surface area contributed by atoms with Crippen LogP contribution in [0.5, 0.6) is 0 Å². The Morgan fingerprint density at radius 3 is 2.80 bits per heavy atom. The number of thiazole rings is 1. The minimum Gasteiger partial charge on any atom is -0.239 e. The van der Waals surface area contributed by atoms with Crippen molar-refractivity contribution < 1.29 is 0 Å². The lowest BCUT2D eigenvalue weighted by Gasteiger charge is -2.10. The predicted octanol–water partition coefficient (Wildman–Crippen LogP) is 3.67. The summed E-state index contributed by atoms with van der Waals surface area (Å²) in [5, 5.41) is 14.0. The van der Waals surface area contributed by atoms with Gasteiger partial charge in [0.15, 0.2) is 0 Å². The molecule has 2 rings (SSSR count). The Morgan fingerprint density at radius 1 is 1.40 bits per heavy atom. The predicted molar refractivity (Wildman–Crippen MR) is 64.1 cm³/mol. The van der Waals surface area contributed by atoms with E-state index in [-0.39, 0.29) is 0 Å². The zero-order chi connectivity index (χ0) is 10.9. The third-order valence-corrected chi connectivity index (χ3v) is 4.04. The molecule has 0 bridgehead atoms. The Labute approximate surface area is 96.8 Å². The zero-order valence-electron chi connectivity index (χ0n) is 8.52. The molecule has 0 radical (unpaired) electrons. The van der Waals surface area contributed by atoms with E-state index in [0.29, 0.717) is 0 Å². The molecular formula is C11H10N2S2. The average molecular weight is 234 g/mol. The van der Waals surface area contributed by atoms with Gasteiger partial charge in [-0.3, -0.25) is 0 Å². The average Bonchev–Trinajstić information content (AvgIpc) is 2.88. The molecule has 76 valence electrons. The number of thiophene rings is 1. The smallest absolute Gasteiger partial charge is 0.133 e. The summed E-state index contributed by atoms with van der Waals surface area (Å²) in [4.78, 5) is 5.67. The van der Waals surface area contributed by atoms with Crippen LogP contribution in [0.3, 0.4) is 0 Å². The van der Waals surface area contributed by atoms with Crippen molar-refractivity contribution in [2.75, 3.05) is 0 Å². The molecule has 0 atom stereocenters. The summed E-state index contributed by atoms with van der Waals surface area (Å²) in [6.07, 6.45) is 0. The van der Waals surface area contributed by atoms with Gasteiger partial charge in [0, 0.05) is 5.38 Å². The van der Waals surface area contributed by atoms with Gasteiger partial charge in [-0.05, 0) is 25.3 Å². The molecule has 2 aromatic rings. The lowest BCUT2D eigenvalue weighted by atomic mass is 9.92. The fraction of sp³-hybridized carbons (Fsp3) is 0.273. The second kappa shape index (κ2) is 3.76. The molecule has 2 aromatic heterocycles. The molecule has 0 saturated carbocycles. The molecule has 0 unspecified atom stereocenters. The van der Waals surface area contributed by atoms with Crippen molar-refractivity contribution in [1.29, 1.82) is 5.26 Å².